The zero-order chi connectivity index (χ0) is 17.8. The molecule has 3 rings (SSSR count). The van der Waals surface area contributed by atoms with Crippen LogP contribution in [0, 0.1) is 0 Å². The molecule has 0 unspecified atom stereocenters. The summed E-state index contributed by atoms with van der Waals surface area (Å²) in [5.74, 6) is 0.512. The van der Waals surface area contributed by atoms with Crippen molar-refractivity contribution in [1.29, 1.82) is 0 Å². The maximum Gasteiger partial charge on any atom is 0.258 e. The molecule has 3 aromatic rings. The minimum absolute atomic E-state index is 0.0307. The zero-order valence-corrected chi connectivity index (χ0v) is 14.3. The summed E-state index contributed by atoms with van der Waals surface area (Å²) in [5, 5.41) is 0.564. The summed E-state index contributed by atoms with van der Waals surface area (Å²) in [5.41, 5.74) is 1.34. The Morgan fingerprint density at radius 1 is 1.04 bits per heavy atom. The largest absolute Gasteiger partial charge is 0.314 e. The molecule has 1 aromatic heterocycles. The number of rotatable bonds is 5. The van der Waals surface area contributed by atoms with E-state index in [9.17, 15) is 9.59 Å². The first-order valence-corrected chi connectivity index (χ1v) is 8.02. The second-order valence-corrected chi connectivity index (χ2v) is 5.99. The number of anilines is 1. The fourth-order valence-electron chi connectivity index (χ4n) is 2.65. The number of fused-ring (bicyclic) bond motifs is 1. The van der Waals surface area contributed by atoms with Gasteiger partial charge in [0.2, 0.25) is 5.91 Å². The number of amides is 1. The van der Waals surface area contributed by atoms with Crippen molar-refractivity contribution in [3.8, 4) is 0 Å². The molecular weight excluding hydrogens is 316 g/mol. The van der Waals surface area contributed by atoms with E-state index in [4.69, 9.17) is 0 Å². The van der Waals surface area contributed by atoms with Crippen molar-refractivity contribution in [2.45, 2.75) is 6.54 Å². The lowest BCUT2D eigenvalue weighted by Gasteiger charge is -2.21. The van der Waals surface area contributed by atoms with Crippen LogP contribution in [0.3, 0.4) is 0 Å². The van der Waals surface area contributed by atoms with Crippen molar-refractivity contribution in [1.82, 2.24) is 14.9 Å². The summed E-state index contributed by atoms with van der Waals surface area (Å²) in [6.07, 6.45) is 0. The van der Waals surface area contributed by atoms with Gasteiger partial charge in [0.25, 0.3) is 5.56 Å². The van der Waals surface area contributed by atoms with Gasteiger partial charge in [-0.2, -0.15) is 0 Å². The fraction of sp³-hybridized carbons (Fsp3) is 0.211. The van der Waals surface area contributed by atoms with Crippen molar-refractivity contribution in [2.75, 3.05) is 25.5 Å². The fourth-order valence-corrected chi connectivity index (χ4v) is 2.65. The molecule has 1 amide bonds. The summed E-state index contributed by atoms with van der Waals surface area (Å²) in [4.78, 5) is 35.2. The molecule has 0 saturated carbocycles. The van der Waals surface area contributed by atoms with Crippen LogP contribution in [0.1, 0.15) is 5.82 Å². The third kappa shape index (κ3) is 3.92. The molecule has 0 fully saturated rings. The number of nitrogens with zero attached hydrogens (tertiary/aromatic N) is 3. The molecule has 6 nitrogen and oxygen atoms in total. The van der Waals surface area contributed by atoms with Gasteiger partial charge in [0.1, 0.15) is 5.82 Å². The highest BCUT2D eigenvalue weighted by Gasteiger charge is 2.14. The maximum absolute atomic E-state index is 12.4. The molecule has 2 aromatic carbocycles. The Hall–Kier alpha value is -2.99. The summed E-state index contributed by atoms with van der Waals surface area (Å²) in [6.45, 7) is 0.608. The lowest BCUT2D eigenvalue weighted by molar-refractivity contribution is -0.119. The molecule has 0 spiro atoms. The van der Waals surface area contributed by atoms with E-state index in [1.165, 1.54) is 0 Å². The topological polar surface area (TPSA) is 69.3 Å². The van der Waals surface area contributed by atoms with E-state index in [0.29, 0.717) is 23.3 Å². The predicted molar refractivity (Wildman–Crippen MR) is 98.5 cm³/mol. The number of benzene rings is 2. The quantitative estimate of drug-likeness (QED) is 0.774. The Morgan fingerprint density at radius 3 is 2.48 bits per heavy atom. The summed E-state index contributed by atoms with van der Waals surface area (Å²) in [6, 6.07) is 16.7. The molecular formula is C19H20N4O2. The standard InChI is InChI=1S/C19H20N4O2/c1-22(13-18(24)23(2)14-8-4-3-5-9-14)12-17-20-16-11-7-6-10-15(16)19(25)21-17/h3-11H,12-13H2,1-2H3,(H,20,21,25). The number of hydrogen-bond acceptors (Lipinski definition) is 4. The van der Waals surface area contributed by atoms with Crippen LogP contribution >= 0.6 is 0 Å². The first kappa shape index (κ1) is 16.9. The van der Waals surface area contributed by atoms with Crippen molar-refractivity contribution in [3.05, 3.63) is 70.8 Å². The Morgan fingerprint density at radius 2 is 1.72 bits per heavy atom. The van der Waals surface area contributed by atoms with Crippen LogP contribution in [0.25, 0.3) is 10.9 Å². The molecule has 25 heavy (non-hydrogen) atoms. The van der Waals surface area contributed by atoms with Gasteiger partial charge >= 0.3 is 0 Å². The lowest BCUT2D eigenvalue weighted by Crippen LogP contribution is -2.36. The van der Waals surface area contributed by atoms with E-state index in [1.54, 1.807) is 18.0 Å². The van der Waals surface area contributed by atoms with Crippen LogP contribution in [0.2, 0.25) is 0 Å². The van der Waals surface area contributed by atoms with E-state index < -0.39 is 0 Å². The highest BCUT2D eigenvalue weighted by Crippen LogP contribution is 2.12. The van der Waals surface area contributed by atoms with Crippen LogP contribution in [0.15, 0.2) is 59.4 Å². The minimum atomic E-state index is -0.165. The van der Waals surface area contributed by atoms with Crippen molar-refractivity contribution in [2.24, 2.45) is 0 Å². The van der Waals surface area contributed by atoms with Crippen LogP contribution in [0.5, 0.6) is 0 Å². The molecule has 128 valence electrons. The minimum Gasteiger partial charge on any atom is -0.314 e. The summed E-state index contributed by atoms with van der Waals surface area (Å²) >= 11 is 0. The van der Waals surface area contributed by atoms with Crippen molar-refractivity contribution in [3.63, 3.8) is 0 Å². The van der Waals surface area contributed by atoms with Gasteiger partial charge in [0.15, 0.2) is 0 Å². The molecule has 0 bridgehead atoms. The SMILES string of the molecule is CN(CC(=O)N(C)c1ccccc1)Cc1nc2ccccc2c(=O)[nH]1. The van der Waals surface area contributed by atoms with Crippen molar-refractivity contribution >= 4 is 22.5 Å². The highest BCUT2D eigenvalue weighted by molar-refractivity contribution is 5.94. The van der Waals surface area contributed by atoms with Crippen LogP contribution in [-0.4, -0.2) is 41.4 Å². The Balaban J connectivity index is 1.69. The Bertz CT molecular complexity index is 937. The molecule has 0 aliphatic carbocycles. The van der Waals surface area contributed by atoms with Gasteiger partial charge in [-0.15, -0.1) is 0 Å². The monoisotopic (exact) mass is 336 g/mol. The van der Waals surface area contributed by atoms with Crippen LogP contribution in [0.4, 0.5) is 5.69 Å². The molecule has 1 heterocycles. The average molecular weight is 336 g/mol. The normalized spacial score (nSPS) is 11.0. The van der Waals surface area contributed by atoms with Gasteiger partial charge in [-0.3, -0.25) is 14.5 Å². The second-order valence-electron chi connectivity index (χ2n) is 5.99. The third-order valence-corrected chi connectivity index (χ3v) is 4.00. The molecule has 1 N–H and O–H groups in total. The number of likely N-dealkylation sites (N-methyl/N-ethyl adjacent to an activating group) is 2. The molecule has 0 radical (unpaired) electrons. The molecule has 6 heteroatoms. The van der Waals surface area contributed by atoms with Gasteiger partial charge in [-0.25, -0.2) is 4.98 Å². The van der Waals surface area contributed by atoms with Crippen LogP contribution < -0.4 is 10.5 Å². The smallest absolute Gasteiger partial charge is 0.258 e. The first-order chi connectivity index (χ1) is 12.0. The van der Waals surface area contributed by atoms with Gasteiger partial charge in [-0.05, 0) is 31.3 Å². The highest BCUT2D eigenvalue weighted by atomic mass is 16.2. The number of carbonyl (C=O) groups excluding carboxylic acids is 1. The van der Waals surface area contributed by atoms with E-state index in [2.05, 4.69) is 9.97 Å². The number of aromatic nitrogens is 2. The maximum atomic E-state index is 12.4. The number of nitrogens with one attached hydrogen (secondary N) is 1. The zero-order valence-electron chi connectivity index (χ0n) is 14.3. The summed E-state index contributed by atoms with van der Waals surface area (Å²) < 4.78 is 0. The van der Waals surface area contributed by atoms with Crippen molar-refractivity contribution < 1.29 is 4.79 Å². The predicted octanol–water partition coefficient (Wildman–Crippen LogP) is 2.02. The Labute approximate surface area is 145 Å². The molecule has 0 saturated heterocycles. The first-order valence-electron chi connectivity index (χ1n) is 8.02. The number of carbonyl (C=O) groups is 1. The van der Waals surface area contributed by atoms with E-state index in [0.717, 1.165) is 5.69 Å². The van der Waals surface area contributed by atoms with E-state index in [-0.39, 0.29) is 18.0 Å². The molecule has 0 aliphatic rings. The average Bonchev–Trinajstić information content (AvgIpc) is 2.61. The number of hydrogen-bond donors (Lipinski definition) is 1. The molecule has 0 aliphatic heterocycles. The van der Waals surface area contributed by atoms with E-state index in [1.807, 2.05) is 60.5 Å². The number of aromatic amines is 1. The van der Waals surface area contributed by atoms with Gasteiger partial charge < -0.3 is 9.88 Å². The van der Waals surface area contributed by atoms with Gasteiger partial charge in [-0.1, -0.05) is 30.3 Å². The van der Waals surface area contributed by atoms with Gasteiger partial charge in [0.05, 0.1) is 24.0 Å². The lowest BCUT2D eigenvalue weighted by atomic mass is 10.2. The number of para-hydroxylation sites is 2. The van der Waals surface area contributed by atoms with Gasteiger partial charge in [0, 0.05) is 12.7 Å². The third-order valence-electron chi connectivity index (χ3n) is 4.00. The number of H-pyrrole nitrogens is 1. The van der Waals surface area contributed by atoms with E-state index >= 15 is 0 Å². The summed E-state index contributed by atoms with van der Waals surface area (Å²) in [7, 11) is 3.58. The van der Waals surface area contributed by atoms with Crippen LogP contribution in [-0.2, 0) is 11.3 Å². The Kier molecular flexibility index (Phi) is 4.90. The molecule has 0 atom stereocenters. The second kappa shape index (κ2) is 7.27.